The van der Waals surface area contributed by atoms with Crippen molar-refractivity contribution in [3.63, 3.8) is 0 Å². The average Bonchev–Trinajstić information content (AvgIpc) is 2.37. The molecule has 19 heavy (non-hydrogen) atoms. The van der Waals surface area contributed by atoms with Crippen molar-refractivity contribution < 1.29 is 24.2 Å². The third kappa shape index (κ3) is 6.42. The van der Waals surface area contributed by atoms with E-state index in [1.54, 1.807) is 24.3 Å². The van der Waals surface area contributed by atoms with Gasteiger partial charge in [-0.05, 0) is 31.2 Å². The Bertz CT molecular complexity index is 416. The number of carbonyl (C=O) groups excluding carboxylic acids is 1. The summed E-state index contributed by atoms with van der Waals surface area (Å²) in [5, 5.41) is 11.1. The molecule has 1 aromatic carbocycles. The molecule has 1 rings (SSSR count). The second-order valence-electron chi connectivity index (χ2n) is 3.70. The first kappa shape index (κ1) is 15.0. The zero-order chi connectivity index (χ0) is 14.1. The van der Waals surface area contributed by atoms with E-state index in [-0.39, 0.29) is 19.5 Å². The molecule has 2 N–H and O–H groups in total. The maximum Gasteiger partial charge on any atom is 0.325 e. The SMILES string of the molecule is CCOc1ccc(OC(=O)CNCCC(=O)O)cc1. The second kappa shape index (κ2) is 8.10. The van der Waals surface area contributed by atoms with Crippen molar-refractivity contribution in [2.75, 3.05) is 19.7 Å². The van der Waals surface area contributed by atoms with Crippen LogP contribution in [0.1, 0.15) is 13.3 Å². The van der Waals surface area contributed by atoms with E-state index >= 15 is 0 Å². The van der Waals surface area contributed by atoms with Gasteiger partial charge < -0.3 is 19.9 Å². The van der Waals surface area contributed by atoms with Crippen LogP contribution in [-0.4, -0.2) is 36.7 Å². The van der Waals surface area contributed by atoms with Crippen LogP contribution in [0.15, 0.2) is 24.3 Å². The van der Waals surface area contributed by atoms with Gasteiger partial charge in [0, 0.05) is 6.54 Å². The Morgan fingerprint density at radius 3 is 2.42 bits per heavy atom. The smallest absolute Gasteiger partial charge is 0.325 e. The summed E-state index contributed by atoms with van der Waals surface area (Å²) < 4.78 is 10.3. The Labute approximate surface area is 111 Å². The van der Waals surface area contributed by atoms with Crippen LogP contribution in [0.2, 0.25) is 0 Å². The van der Waals surface area contributed by atoms with Gasteiger partial charge in [0.2, 0.25) is 0 Å². The van der Waals surface area contributed by atoms with E-state index in [0.717, 1.165) is 0 Å². The first-order valence-corrected chi connectivity index (χ1v) is 5.98. The lowest BCUT2D eigenvalue weighted by atomic mass is 10.3. The molecule has 0 bridgehead atoms. The minimum atomic E-state index is -0.910. The van der Waals surface area contributed by atoms with Crippen LogP contribution in [0.5, 0.6) is 11.5 Å². The van der Waals surface area contributed by atoms with Crippen LogP contribution in [-0.2, 0) is 9.59 Å². The molecule has 0 saturated carbocycles. The average molecular weight is 267 g/mol. The highest BCUT2D eigenvalue weighted by Gasteiger charge is 2.05. The lowest BCUT2D eigenvalue weighted by Crippen LogP contribution is -2.28. The molecular weight excluding hydrogens is 250 g/mol. The Morgan fingerprint density at radius 1 is 1.21 bits per heavy atom. The van der Waals surface area contributed by atoms with E-state index in [2.05, 4.69) is 5.32 Å². The standard InChI is InChI=1S/C13H17NO5/c1-2-18-10-3-5-11(6-4-10)19-13(17)9-14-8-7-12(15)16/h3-6,14H,2,7-9H2,1H3,(H,15,16). The van der Waals surface area contributed by atoms with Crippen molar-refractivity contribution in [2.45, 2.75) is 13.3 Å². The predicted molar refractivity (Wildman–Crippen MR) is 68.4 cm³/mol. The first-order chi connectivity index (χ1) is 9.11. The molecular formula is C13H17NO5. The summed E-state index contributed by atoms with van der Waals surface area (Å²) in [4.78, 5) is 21.7. The topological polar surface area (TPSA) is 84.9 Å². The van der Waals surface area contributed by atoms with Crippen molar-refractivity contribution in [2.24, 2.45) is 0 Å². The van der Waals surface area contributed by atoms with Gasteiger partial charge >= 0.3 is 11.9 Å². The summed E-state index contributed by atoms with van der Waals surface area (Å²) in [5.41, 5.74) is 0. The Balaban J connectivity index is 2.29. The molecule has 0 atom stereocenters. The van der Waals surface area contributed by atoms with Crippen molar-refractivity contribution in [1.82, 2.24) is 5.32 Å². The number of esters is 1. The fourth-order valence-electron chi connectivity index (χ4n) is 1.32. The number of ether oxygens (including phenoxy) is 2. The number of carboxylic acids is 1. The molecule has 1 aromatic rings. The van der Waals surface area contributed by atoms with Gasteiger partial charge in [0.15, 0.2) is 0 Å². The van der Waals surface area contributed by atoms with Crippen molar-refractivity contribution >= 4 is 11.9 Å². The third-order valence-corrected chi connectivity index (χ3v) is 2.15. The number of aliphatic carboxylic acids is 1. The van der Waals surface area contributed by atoms with Crippen molar-refractivity contribution in [1.29, 1.82) is 0 Å². The third-order valence-electron chi connectivity index (χ3n) is 2.15. The van der Waals surface area contributed by atoms with E-state index in [1.807, 2.05) is 6.92 Å². The van der Waals surface area contributed by atoms with Gasteiger partial charge in [-0.15, -0.1) is 0 Å². The molecule has 0 unspecified atom stereocenters. The normalized spacial score (nSPS) is 9.95. The summed E-state index contributed by atoms with van der Waals surface area (Å²) in [5.74, 6) is -0.239. The molecule has 0 aliphatic heterocycles. The van der Waals surface area contributed by atoms with E-state index < -0.39 is 11.9 Å². The van der Waals surface area contributed by atoms with E-state index in [4.69, 9.17) is 14.6 Å². The van der Waals surface area contributed by atoms with Gasteiger partial charge in [0.1, 0.15) is 11.5 Å². The Hall–Kier alpha value is -2.08. The van der Waals surface area contributed by atoms with Gasteiger partial charge in [-0.25, -0.2) is 0 Å². The summed E-state index contributed by atoms with van der Waals surface area (Å²) in [6, 6.07) is 6.70. The number of hydrogen-bond acceptors (Lipinski definition) is 5. The number of hydrogen-bond donors (Lipinski definition) is 2. The number of carboxylic acid groups (broad SMARTS) is 1. The minimum absolute atomic E-state index is 0.0273. The molecule has 104 valence electrons. The molecule has 0 aliphatic carbocycles. The summed E-state index contributed by atoms with van der Waals surface area (Å²) in [6.07, 6.45) is -0.0314. The van der Waals surface area contributed by atoms with Crippen LogP contribution in [0, 0.1) is 0 Å². The van der Waals surface area contributed by atoms with Crippen molar-refractivity contribution in [3.8, 4) is 11.5 Å². The molecule has 0 saturated heterocycles. The number of carbonyl (C=O) groups is 2. The molecule has 0 heterocycles. The van der Waals surface area contributed by atoms with Crippen LogP contribution >= 0.6 is 0 Å². The summed E-state index contributed by atoms with van der Waals surface area (Å²) in [7, 11) is 0. The zero-order valence-corrected chi connectivity index (χ0v) is 10.7. The fraction of sp³-hybridized carbons (Fsp3) is 0.385. The van der Waals surface area contributed by atoms with Gasteiger partial charge in [0.05, 0.1) is 19.6 Å². The second-order valence-corrected chi connectivity index (χ2v) is 3.70. The molecule has 6 heteroatoms. The highest BCUT2D eigenvalue weighted by molar-refractivity contribution is 5.74. The lowest BCUT2D eigenvalue weighted by molar-refractivity contribution is -0.137. The lowest BCUT2D eigenvalue weighted by Gasteiger charge is -2.06. The number of nitrogens with one attached hydrogen (secondary N) is 1. The van der Waals surface area contributed by atoms with Crippen LogP contribution in [0.3, 0.4) is 0 Å². The van der Waals surface area contributed by atoms with Crippen molar-refractivity contribution in [3.05, 3.63) is 24.3 Å². The van der Waals surface area contributed by atoms with Gasteiger partial charge in [-0.3, -0.25) is 9.59 Å². The van der Waals surface area contributed by atoms with Crippen LogP contribution in [0.25, 0.3) is 0 Å². The maximum atomic E-state index is 11.4. The Morgan fingerprint density at radius 2 is 1.84 bits per heavy atom. The quantitative estimate of drug-likeness (QED) is 0.416. The minimum Gasteiger partial charge on any atom is -0.494 e. The molecule has 0 fully saturated rings. The fourth-order valence-corrected chi connectivity index (χ4v) is 1.32. The number of rotatable bonds is 8. The largest absolute Gasteiger partial charge is 0.494 e. The molecule has 6 nitrogen and oxygen atoms in total. The Kier molecular flexibility index (Phi) is 6.38. The summed E-state index contributed by atoms with van der Waals surface area (Å²) >= 11 is 0. The van der Waals surface area contributed by atoms with Gasteiger partial charge in [0.25, 0.3) is 0 Å². The maximum absolute atomic E-state index is 11.4. The predicted octanol–water partition coefficient (Wildman–Crippen LogP) is 1.05. The summed E-state index contributed by atoms with van der Waals surface area (Å²) in [6.45, 7) is 2.66. The van der Waals surface area contributed by atoms with E-state index in [0.29, 0.717) is 18.1 Å². The molecule has 0 amide bonds. The van der Waals surface area contributed by atoms with Crippen LogP contribution < -0.4 is 14.8 Å². The molecule has 0 spiro atoms. The van der Waals surface area contributed by atoms with E-state index in [1.165, 1.54) is 0 Å². The van der Waals surface area contributed by atoms with Gasteiger partial charge in [-0.2, -0.15) is 0 Å². The van der Waals surface area contributed by atoms with E-state index in [9.17, 15) is 9.59 Å². The van der Waals surface area contributed by atoms with Crippen LogP contribution in [0.4, 0.5) is 0 Å². The highest BCUT2D eigenvalue weighted by Crippen LogP contribution is 2.17. The highest BCUT2D eigenvalue weighted by atomic mass is 16.5. The molecule has 0 radical (unpaired) electrons. The first-order valence-electron chi connectivity index (χ1n) is 5.98. The molecule has 0 aromatic heterocycles. The molecule has 0 aliphatic rings. The monoisotopic (exact) mass is 267 g/mol. The zero-order valence-electron chi connectivity index (χ0n) is 10.7. The number of benzene rings is 1. The van der Waals surface area contributed by atoms with Gasteiger partial charge in [-0.1, -0.05) is 0 Å².